The maximum Gasteiger partial charge on any atom is 0.264 e. The van der Waals surface area contributed by atoms with Crippen LogP contribution in [0, 0.1) is 0 Å². The first-order valence-corrected chi connectivity index (χ1v) is 10.4. The van der Waals surface area contributed by atoms with E-state index in [0.29, 0.717) is 48.2 Å². The molecule has 0 saturated heterocycles. The van der Waals surface area contributed by atoms with Crippen LogP contribution in [0.5, 0.6) is 5.75 Å². The van der Waals surface area contributed by atoms with Crippen LogP contribution in [0.2, 0.25) is 0 Å². The van der Waals surface area contributed by atoms with Gasteiger partial charge in [-0.1, -0.05) is 30.3 Å². The minimum atomic E-state index is -0.243. The number of alkyl halides is 1. The highest BCUT2D eigenvalue weighted by atomic mass is 35.5. The number of hydrogen-bond acceptors (Lipinski definition) is 6. The average Bonchev–Trinajstić information content (AvgIpc) is 3.12. The summed E-state index contributed by atoms with van der Waals surface area (Å²) >= 11 is 5.70. The second kappa shape index (κ2) is 9.63. The number of nitrogens with one attached hydrogen (secondary N) is 3. The molecule has 9 heteroatoms. The van der Waals surface area contributed by atoms with Crippen molar-refractivity contribution in [2.45, 2.75) is 13.1 Å². The number of rotatable bonds is 9. The van der Waals surface area contributed by atoms with Crippen LogP contribution in [0.4, 0.5) is 11.5 Å². The van der Waals surface area contributed by atoms with Crippen molar-refractivity contribution in [3.8, 4) is 5.75 Å². The molecule has 2 heterocycles. The predicted molar refractivity (Wildman–Crippen MR) is 122 cm³/mol. The van der Waals surface area contributed by atoms with Crippen LogP contribution in [0.15, 0.2) is 59.4 Å². The largest absolute Gasteiger partial charge is 0.497 e. The van der Waals surface area contributed by atoms with Gasteiger partial charge in [-0.05, 0) is 29.8 Å². The fourth-order valence-electron chi connectivity index (χ4n) is 3.25. The zero-order valence-corrected chi connectivity index (χ0v) is 17.8. The van der Waals surface area contributed by atoms with E-state index in [1.165, 1.54) is 0 Å². The number of aromatic nitrogens is 4. The maximum absolute atomic E-state index is 12.9. The number of H-pyrrole nitrogens is 1. The smallest absolute Gasteiger partial charge is 0.264 e. The van der Waals surface area contributed by atoms with Crippen molar-refractivity contribution in [3.05, 3.63) is 76.3 Å². The maximum atomic E-state index is 12.9. The van der Waals surface area contributed by atoms with Gasteiger partial charge in [0.1, 0.15) is 22.8 Å². The van der Waals surface area contributed by atoms with Crippen molar-refractivity contribution in [1.82, 2.24) is 25.1 Å². The number of methoxy groups -OCH3 is 1. The molecule has 0 aliphatic rings. The number of para-hydroxylation sites is 1. The van der Waals surface area contributed by atoms with Gasteiger partial charge in [-0.2, -0.15) is 0 Å². The van der Waals surface area contributed by atoms with Crippen molar-refractivity contribution >= 4 is 34.1 Å². The first kappa shape index (κ1) is 20.9. The second-order valence-corrected chi connectivity index (χ2v) is 7.30. The summed E-state index contributed by atoms with van der Waals surface area (Å²) in [6, 6.07) is 17.4. The highest BCUT2D eigenvalue weighted by Gasteiger charge is 2.18. The average molecular weight is 439 g/mol. The van der Waals surface area contributed by atoms with Gasteiger partial charge in [-0.15, -0.1) is 16.7 Å². The number of ether oxygens (including phenoxy) is 1. The van der Waals surface area contributed by atoms with Crippen molar-refractivity contribution in [2.24, 2.45) is 0 Å². The Morgan fingerprint density at radius 3 is 2.61 bits per heavy atom. The lowest BCUT2D eigenvalue weighted by molar-refractivity contribution is 0.414. The van der Waals surface area contributed by atoms with E-state index in [9.17, 15) is 4.79 Å². The fourth-order valence-corrected chi connectivity index (χ4v) is 3.38. The summed E-state index contributed by atoms with van der Waals surface area (Å²) in [4.78, 5) is 20.3. The number of anilines is 2. The quantitative estimate of drug-likeness (QED) is 0.274. The summed E-state index contributed by atoms with van der Waals surface area (Å²) in [5, 5.41) is 11.5. The molecule has 0 aliphatic heterocycles. The number of aromatic amines is 1. The van der Waals surface area contributed by atoms with Gasteiger partial charge in [0, 0.05) is 18.1 Å². The van der Waals surface area contributed by atoms with Gasteiger partial charge in [-0.3, -0.25) is 4.79 Å². The zero-order valence-electron chi connectivity index (χ0n) is 17.1. The van der Waals surface area contributed by atoms with Gasteiger partial charge in [0.05, 0.1) is 20.2 Å². The lowest BCUT2D eigenvalue weighted by Crippen LogP contribution is -2.21. The molecule has 2 aromatic heterocycles. The van der Waals surface area contributed by atoms with Gasteiger partial charge < -0.3 is 20.4 Å². The molecule has 0 bridgehead atoms. The third-order valence-electron chi connectivity index (χ3n) is 4.75. The van der Waals surface area contributed by atoms with Crippen LogP contribution in [-0.4, -0.2) is 39.3 Å². The molecule has 2 aromatic carbocycles. The number of nitrogens with zero attached hydrogens (tertiary/aromatic N) is 3. The second-order valence-electron chi connectivity index (χ2n) is 6.92. The molecular formula is C22H23ClN6O2. The van der Waals surface area contributed by atoms with Crippen LogP contribution in [0.1, 0.15) is 11.4 Å². The highest BCUT2D eigenvalue weighted by Crippen LogP contribution is 2.24. The summed E-state index contributed by atoms with van der Waals surface area (Å²) in [5.74, 6) is 2.37. The molecule has 160 valence electrons. The molecule has 0 fully saturated rings. The molecule has 0 unspecified atom stereocenters. The molecule has 0 spiro atoms. The standard InChI is InChI=1S/C22H23ClN6O2/c1-31-17-9-7-15(8-10-17)14-29-21(25-16-5-3-2-4-6-16)19-20(28-29)26-18(27-22(19)30)13-24-12-11-23/h2-10,24-25H,11-14H2,1H3,(H,26,27,28,30). The lowest BCUT2D eigenvalue weighted by atomic mass is 10.2. The molecule has 0 aliphatic carbocycles. The molecule has 8 nitrogen and oxygen atoms in total. The Labute approximate surface area is 184 Å². The number of halogens is 1. The fraction of sp³-hybridized carbons (Fsp3) is 0.227. The van der Waals surface area contributed by atoms with E-state index >= 15 is 0 Å². The molecule has 0 saturated carbocycles. The molecule has 0 amide bonds. The lowest BCUT2D eigenvalue weighted by Gasteiger charge is -2.10. The molecule has 3 N–H and O–H groups in total. The van der Waals surface area contributed by atoms with E-state index in [2.05, 4.69) is 25.7 Å². The van der Waals surface area contributed by atoms with Crippen molar-refractivity contribution in [2.75, 3.05) is 24.9 Å². The Bertz CT molecular complexity index is 1200. The Morgan fingerprint density at radius 2 is 1.90 bits per heavy atom. The van der Waals surface area contributed by atoms with E-state index in [-0.39, 0.29) is 5.56 Å². The molecule has 4 rings (SSSR count). The van der Waals surface area contributed by atoms with Crippen LogP contribution < -0.4 is 20.9 Å². The summed E-state index contributed by atoms with van der Waals surface area (Å²) in [5.41, 5.74) is 2.02. The molecule has 4 aromatic rings. The normalized spacial score (nSPS) is 11.0. The van der Waals surface area contributed by atoms with Crippen LogP contribution in [0.25, 0.3) is 11.0 Å². The van der Waals surface area contributed by atoms with E-state index in [1.54, 1.807) is 11.8 Å². The van der Waals surface area contributed by atoms with Gasteiger partial charge in [0.25, 0.3) is 5.56 Å². The topological polar surface area (TPSA) is 96.9 Å². The van der Waals surface area contributed by atoms with E-state index in [4.69, 9.17) is 16.3 Å². The first-order valence-electron chi connectivity index (χ1n) is 9.89. The van der Waals surface area contributed by atoms with Crippen molar-refractivity contribution < 1.29 is 4.74 Å². The van der Waals surface area contributed by atoms with Crippen LogP contribution in [-0.2, 0) is 13.1 Å². The minimum Gasteiger partial charge on any atom is -0.497 e. The number of hydrogen-bond donors (Lipinski definition) is 3. The van der Waals surface area contributed by atoms with E-state index in [0.717, 1.165) is 17.0 Å². The summed E-state index contributed by atoms with van der Waals surface area (Å²) in [6.07, 6.45) is 0. The van der Waals surface area contributed by atoms with E-state index < -0.39 is 0 Å². The Hall–Kier alpha value is -3.36. The molecule has 31 heavy (non-hydrogen) atoms. The highest BCUT2D eigenvalue weighted by molar-refractivity contribution is 6.18. The number of benzene rings is 2. The van der Waals surface area contributed by atoms with Crippen LogP contribution >= 0.6 is 11.6 Å². The van der Waals surface area contributed by atoms with E-state index in [1.807, 2.05) is 54.6 Å². The van der Waals surface area contributed by atoms with Gasteiger partial charge in [0.2, 0.25) is 0 Å². The van der Waals surface area contributed by atoms with Crippen molar-refractivity contribution in [3.63, 3.8) is 0 Å². The molecule has 0 atom stereocenters. The zero-order chi connectivity index (χ0) is 21.6. The van der Waals surface area contributed by atoms with Gasteiger partial charge in [0.15, 0.2) is 5.65 Å². The number of fused-ring (bicyclic) bond motifs is 1. The Balaban J connectivity index is 1.75. The minimum absolute atomic E-state index is 0.243. The van der Waals surface area contributed by atoms with Gasteiger partial charge in [-0.25, -0.2) is 9.67 Å². The predicted octanol–water partition coefficient (Wildman–Crippen LogP) is 3.25. The van der Waals surface area contributed by atoms with Crippen molar-refractivity contribution in [1.29, 1.82) is 0 Å². The SMILES string of the molecule is COc1ccc(Cn2nc3nc(CNCCCl)[nH]c(=O)c3c2Nc2ccccc2)cc1. The van der Waals surface area contributed by atoms with Gasteiger partial charge >= 0.3 is 0 Å². The molecule has 0 radical (unpaired) electrons. The Morgan fingerprint density at radius 1 is 1.13 bits per heavy atom. The molecular weight excluding hydrogens is 416 g/mol. The summed E-state index contributed by atoms with van der Waals surface area (Å²) < 4.78 is 7.00. The Kier molecular flexibility index (Phi) is 6.49. The first-order chi connectivity index (χ1) is 15.2. The third kappa shape index (κ3) is 4.87. The monoisotopic (exact) mass is 438 g/mol. The summed E-state index contributed by atoms with van der Waals surface area (Å²) in [7, 11) is 1.63. The third-order valence-corrected chi connectivity index (χ3v) is 4.94. The summed E-state index contributed by atoms with van der Waals surface area (Å²) in [6.45, 7) is 1.50. The van der Waals surface area contributed by atoms with Crippen LogP contribution in [0.3, 0.4) is 0 Å².